The molecule has 5 rings (SSSR count). The Hall–Kier alpha value is -4.28. The highest BCUT2D eigenvalue weighted by Crippen LogP contribution is 2.38. The molecule has 4 aromatic rings. The molecule has 0 atom stereocenters. The number of carboxylic acids is 1. The molecule has 1 aliphatic rings. The van der Waals surface area contributed by atoms with Gasteiger partial charge in [-0.2, -0.15) is 0 Å². The summed E-state index contributed by atoms with van der Waals surface area (Å²) < 4.78 is 6.85. The van der Waals surface area contributed by atoms with Gasteiger partial charge in [0.05, 0.1) is 12.8 Å². The summed E-state index contributed by atoms with van der Waals surface area (Å²) in [6, 6.07) is 37.6. The molecule has 0 aromatic heterocycles. The zero-order chi connectivity index (χ0) is 27.8. The van der Waals surface area contributed by atoms with E-state index in [4.69, 9.17) is 9.57 Å². The summed E-state index contributed by atoms with van der Waals surface area (Å²) in [6.45, 7) is 0.113. The van der Waals surface area contributed by atoms with E-state index in [0.29, 0.717) is 5.70 Å². The largest absolute Gasteiger partial charge is 0.497 e. The topological polar surface area (TPSA) is 95.4 Å². The number of nitrogens with one attached hydrogen (secondary N) is 2. The number of carboxylic acid groups (broad SMARTS) is 1. The Balaban J connectivity index is 0.00000387. The summed E-state index contributed by atoms with van der Waals surface area (Å²) >= 11 is 1.28. The maximum Gasteiger partial charge on any atom is 0.360 e. The van der Waals surface area contributed by atoms with Crippen molar-refractivity contribution >= 4 is 36.0 Å². The van der Waals surface area contributed by atoms with Gasteiger partial charge in [-0.05, 0) is 46.3 Å². The van der Waals surface area contributed by atoms with E-state index in [0.717, 1.165) is 28.0 Å². The number of carbonyl (C=O) groups is 1. The Morgan fingerprint density at radius 3 is 1.85 bits per heavy atom. The molecule has 41 heavy (non-hydrogen) atoms. The summed E-state index contributed by atoms with van der Waals surface area (Å²) in [4.78, 5) is 17.5. The number of aliphatic carboxylic acids is 1. The second kappa shape index (κ2) is 13.9. The lowest BCUT2D eigenvalue weighted by Crippen LogP contribution is -2.54. The number of oxime groups is 1. The predicted molar refractivity (Wildman–Crippen MR) is 163 cm³/mol. The Bertz CT molecular complexity index is 1390. The molecule has 0 spiro atoms. The highest BCUT2D eigenvalue weighted by atomic mass is 35.5. The van der Waals surface area contributed by atoms with E-state index in [1.165, 1.54) is 11.9 Å². The van der Waals surface area contributed by atoms with E-state index in [9.17, 15) is 9.90 Å². The zero-order valence-corrected chi connectivity index (χ0v) is 23.8. The minimum absolute atomic E-state index is 0. The van der Waals surface area contributed by atoms with Crippen molar-refractivity contribution in [3.05, 3.63) is 149 Å². The van der Waals surface area contributed by atoms with Crippen LogP contribution in [0.2, 0.25) is 0 Å². The first-order valence-electron chi connectivity index (χ1n) is 12.5. The summed E-state index contributed by atoms with van der Waals surface area (Å²) in [7, 11) is 1.59. The molecule has 1 aliphatic heterocycles. The fraction of sp³-hybridized carbons (Fsp3) is 0.0968. The van der Waals surface area contributed by atoms with Crippen LogP contribution in [0, 0.1) is 0 Å². The first kappa shape index (κ1) is 29.7. The molecule has 4 aromatic carbocycles. The van der Waals surface area contributed by atoms with E-state index >= 15 is 0 Å². The molecular weight excluding hydrogens is 560 g/mol. The predicted octanol–water partition coefficient (Wildman–Crippen LogP) is 5.88. The van der Waals surface area contributed by atoms with Crippen molar-refractivity contribution in [1.82, 2.24) is 15.4 Å². The summed E-state index contributed by atoms with van der Waals surface area (Å²) in [5, 5.41) is 15.5. The van der Waals surface area contributed by atoms with Gasteiger partial charge in [0.2, 0.25) is 5.71 Å². The number of hydrazine groups is 2. The number of ether oxygens (including phenoxy) is 1. The lowest BCUT2D eigenvalue weighted by molar-refractivity contribution is -0.129. The SMILES string of the molecule is COc1ccc(CO/N=C(\C(=O)O)C2=CSN(NC(c3ccccc3)(c3ccccc3)c3ccccc3)N2)cc1.Cl. The van der Waals surface area contributed by atoms with Crippen LogP contribution < -0.4 is 15.6 Å². The van der Waals surface area contributed by atoms with Crippen LogP contribution in [0.25, 0.3) is 0 Å². The Labute approximate surface area is 249 Å². The molecule has 0 amide bonds. The number of halogens is 1. The highest BCUT2D eigenvalue weighted by molar-refractivity contribution is 8.00. The Morgan fingerprint density at radius 1 is 0.878 bits per heavy atom. The molecule has 0 unspecified atom stereocenters. The number of benzene rings is 4. The maximum atomic E-state index is 12.1. The van der Waals surface area contributed by atoms with E-state index in [2.05, 4.69) is 52.4 Å². The molecular formula is C31H29ClN4O4S. The van der Waals surface area contributed by atoms with E-state index in [1.54, 1.807) is 29.2 Å². The van der Waals surface area contributed by atoms with Crippen molar-refractivity contribution in [3.8, 4) is 5.75 Å². The Kier molecular flexibility index (Phi) is 10.0. The van der Waals surface area contributed by atoms with Crippen LogP contribution in [0.15, 0.2) is 132 Å². The molecule has 3 N–H and O–H groups in total. The molecule has 1 heterocycles. The van der Waals surface area contributed by atoms with Crippen molar-refractivity contribution in [2.45, 2.75) is 12.1 Å². The average Bonchev–Trinajstić information content (AvgIpc) is 3.47. The van der Waals surface area contributed by atoms with Crippen LogP contribution in [-0.2, 0) is 21.8 Å². The third kappa shape index (κ3) is 6.72. The number of methoxy groups -OCH3 is 1. The molecule has 210 valence electrons. The smallest absolute Gasteiger partial charge is 0.360 e. The van der Waals surface area contributed by atoms with Crippen LogP contribution in [0.5, 0.6) is 5.75 Å². The second-order valence-electron chi connectivity index (χ2n) is 8.87. The monoisotopic (exact) mass is 588 g/mol. The van der Waals surface area contributed by atoms with Crippen LogP contribution in [0.3, 0.4) is 0 Å². The fourth-order valence-corrected chi connectivity index (χ4v) is 5.15. The van der Waals surface area contributed by atoms with Crippen molar-refractivity contribution in [2.75, 3.05) is 7.11 Å². The van der Waals surface area contributed by atoms with Crippen molar-refractivity contribution < 1.29 is 19.5 Å². The van der Waals surface area contributed by atoms with Gasteiger partial charge in [-0.25, -0.2) is 10.2 Å². The van der Waals surface area contributed by atoms with E-state index < -0.39 is 11.5 Å². The number of hydrogen-bond donors (Lipinski definition) is 3. The third-order valence-electron chi connectivity index (χ3n) is 6.39. The van der Waals surface area contributed by atoms with Crippen molar-refractivity contribution in [2.24, 2.45) is 5.16 Å². The van der Waals surface area contributed by atoms with Gasteiger partial charge in [0.15, 0.2) is 0 Å². The average molecular weight is 589 g/mol. The number of nitrogens with zero attached hydrogens (tertiary/aromatic N) is 2. The summed E-state index contributed by atoms with van der Waals surface area (Å²) in [6.07, 6.45) is 0. The van der Waals surface area contributed by atoms with E-state index in [1.807, 2.05) is 66.7 Å². The molecule has 0 bridgehead atoms. The lowest BCUT2D eigenvalue weighted by Gasteiger charge is -2.39. The molecule has 0 saturated carbocycles. The third-order valence-corrected chi connectivity index (χ3v) is 7.13. The minimum Gasteiger partial charge on any atom is -0.497 e. The summed E-state index contributed by atoms with van der Waals surface area (Å²) in [5.41, 5.74) is 9.90. The molecule has 10 heteroatoms. The van der Waals surface area contributed by atoms with Gasteiger partial charge in [0.1, 0.15) is 17.9 Å². The number of hydrogen-bond acceptors (Lipinski definition) is 8. The Morgan fingerprint density at radius 2 is 1.39 bits per heavy atom. The standard InChI is InChI=1S/C31H28N4O4S.ClH/c1-38-27-19-17-23(18-20-27)21-39-33-29(30(36)37)28-22-40-35(32-28)34-31(24-11-5-2-6-12-24,25-13-7-3-8-14-25)26-15-9-4-10-16-26;/h2-20,22,32,34H,21H2,1H3,(H,36,37);1H/b33-29-;. The molecule has 8 nitrogen and oxygen atoms in total. The first-order chi connectivity index (χ1) is 19.6. The lowest BCUT2D eigenvalue weighted by atomic mass is 9.77. The van der Waals surface area contributed by atoms with Crippen LogP contribution in [0.4, 0.5) is 0 Å². The van der Waals surface area contributed by atoms with Crippen LogP contribution in [-0.4, -0.2) is 28.4 Å². The number of rotatable bonds is 11. The van der Waals surface area contributed by atoms with Gasteiger partial charge < -0.3 is 14.7 Å². The zero-order valence-electron chi connectivity index (χ0n) is 22.1. The molecule has 0 radical (unpaired) electrons. The minimum atomic E-state index is -1.21. The molecule has 0 saturated heterocycles. The van der Waals surface area contributed by atoms with Gasteiger partial charge in [-0.15, -0.1) is 12.4 Å². The van der Waals surface area contributed by atoms with Crippen molar-refractivity contribution in [3.63, 3.8) is 0 Å². The van der Waals surface area contributed by atoms with Crippen LogP contribution >= 0.6 is 24.4 Å². The van der Waals surface area contributed by atoms with Gasteiger partial charge in [0, 0.05) is 5.41 Å². The van der Waals surface area contributed by atoms with Crippen molar-refractivity contribution in [1.29, 1.82) is 0 Å². The summed E-state index contributed by atoms with van der Waals surface area (Å²) in [5.74, 6) is -0.489. The fourth-order valence-electron chi connectivity index (χ4n) is 4.44. The first-order valence-corrected chi connectivity index (χ1v) is 13.4. The second-order valence-corrected chi connectivity index (χ2v) is 9.68. The van der Waals surface area contributed by atoms with Gasteiger partial charge >= 0.3 is 5.97 Å². The van der Waals surface area contributed by atoms with Crippen LogP contribution in [0.1, 0.15) is 22.3 Å². The van der Waals surface area contributed by atoms with Gasteiger partial charge in [-0.1, -0.05) is 113 Å². The van der Waals surface area contributed by atoms with Gasteiger partial charge in [0.25, 0.3) is 0 Å². The highest BCUT2D eigenvalue weighted by Gasteiger charge is 2.39. The van der Waals surface area contributed by atoms with Gasteiger partial charge in [-0.3, -0.25) is 5.43 Å². The normalized spacial score (nSPS) is 13.5. The molecule has 0 fully saturated rings. The van der Waals surface area contributed by atoms with E-state index in [-0.39, 0.29) is 24.7 Å². The maximum absolute atomic E-state index is 12.1. The quantitative estimate of drug-likeness (QED) is 0.0865. The molecule has 0 aliphatic carbocycles.